The first-order chi connectivity index (χ1) is 7.12. The summed E-state index contributed by atoms with van der Waals surface area (Å²) in [6, 6.07) is 5.22. The molecule has 0 aliphatic heterocycles. The highest BCUT2D eigenvalue weighted by atomic mass is 19.1. The van der Waals surface area contributed by atoms with Crippen molar-refractivity contribution >= 4 is 0 Å². The molecule has 1 nitrogen and oxygen atoms in total. The highest BCUT2D eigenvalue weighted by Gasteiger charge is 2.64. The highest BCUT2D eigenvalue weighted by Crippen LogP contribution is 2.64. The molecule has 1 aromatic rings. The van der Waals surface area contributed by atoms with Crippen molar-refractivity contribution in [2.75, 3.05) is 0 Å². The largest absolute Gasteiger partial charge is 0.321 e. The van der Waals surface area contributed by atoms with Gasteiger partial charge in [-0.1, -0.05) is 12.5 Å². The number of hydrogen-bond acceptors (Lipinski definition) is 1. The van der Waals surface area contributed by atoms with Crippen LogP contribution >= 0.6 is 0 Å². The molecule has 3 rings (SSSR count). The lowest BCUT2D eigenvalue weighted by Crippen LogP contribution is -2.26. The van der Waals surface area contributed by atoms with E-state index in [4.69, 9.17) is 5.73 Å². The number of halogens is 1. The maximum absolute atomic E-state index is 13.3. The monoisotopic (exact) mass is 205 g/mol. The number of fused-ring (bicyclic) bond motifs is 1. The van der Waals surface area contributed by atoms with E-state index in [1.54, 1.807) is 12.1 Å². The van der Waals surface area contributed by atoms with Crippen LogP contribution < -0.4 is 5.73 Å². The molecular formula is C13H16FN. The van der Waals surface area contributed by atoms with Gasteiger partial charge in [-0.15, -0.1) is 0 Å². The fourth-order valence-electron chi connectivity index (χ4n) is 3.42. The van der Waals surface area contributed by atoms with E-state index in [2.05, 4.69) is 0 Å². The summed E-state index contributed by atoms with van der Waals surface area (Å²) in [4.78, 5) is 0. The van der Waals surface area contributed by atoms with Gasteiger partial charge < -0.3 is 5.73 Å². The molecule has 0 aromatic heterocycles. The minimum atomic E-state index is -0.203. The zero-order valence-electron chi connectivity index (χ0n) is 8.96. The van der Waals surface area contributed by atoms with E-state index in [1.165, 1.54) is 19.3 Å². The van der Waals surface area contributed by atoms with Gasteiger partial charge in [0.25, 0.3) is 0 Å². The minimum Gasteiger partial charge on any atom is -0.321 e. The first kappa shape index (κ1) is 9.34. The number of rotatable bonds is 1. The minimum absolute atomic E-state index is 0.153. The van der Waals surface area contributed by atoms with Gasteiger partial charge in [-0.2, -0.15) is 0 Å². The summed E-state index contributed by atoms with van der Waals surface area (Å²) in [5, 5.41) is 0. The van der Waals surface area contributed by atoms with Gasteiger partial charge in [-0.25, -0.2) is 4.39 Å². The van der Waals surface area contributed by atoms with E-state index in [-0.39, 0.29) is 11.4 Å². The highest BCUT2D eigenvalue weighted by molar-refractivity contribution is 5.38. The van der Waals surface area contributed by atoms with E-state index in [0.717, 1.165) is 11.1 Å². The lowest BCUT2D eigenvalue weighted by Gasteiger charge is -2.16. The molecule has 2 saturated carbocycles. The van der Waals surface area contributed by atoms with Crippen LogP contribution in [0.4, 0.5) is 4.39 Å². The normalized spacial score (nSPS) is 37.8. The van der Waals surface area contributed by atoms with Gasteiger partial charge in [0, 0.05) is 5.54 Å². The van der Waals surface area contributed by atoms with E-state index < -0.39 is 0 Å². The molecule has 0 spiro atoms. The van der Waals surface area contributed by atoms with E-state index in [0.29, 0.717) is 11.8 Å². The lowest BCUT2D eigenvalue weighted by atomic mass is 9.95. The van der Waals surface area contributed by atoms with Crippen molar-refractivity contribution in [3.8, 4) is 0 Å². The Kier molecular flexibility index (Phi) is 1.76. The average molecular weight is 205 g/mol. The van der Waals surface area contributed by atoms with E-state index in [1.807, 2.05) is 13.0 Å². The Morgan fingerprint density at radius 1 is 1.27 bits per heavy atom. The van der Waals surface area contributed by atoms with Crippen LogP contribution in [0.15, 0.2) is 18.2 Å². The van der Waals surface area contributed by atoms with E-state index >= 15 is 0 Å². The van der Waals surface area contributed by atoms with Crippen LogP contribution in [0.25, 0.3) is 0 Å². The summed E-state index contributed by atoms with van der Waals surface area (Å²) in [5.41, 5.74) is 8.17. The van der Waals surface area contributed by atoms with Crippen molar-refractivity contribution in [2.24, 2.45) is 17.6 Å². The Bertz CT molecular complexity index is 383. The molecule has 2 heteroatoms. The third-order valence-corrected chi connectivity index (χ3v) is 4.18. The van der Waals surface area contributed by atoms with Crippen molar-refractivity contribution in [1.82, 2.24) is 0 Å². The zero-order valence-corrected chi connectivity index (χ0v) is 8.96. The van der Waals surface area contributed by atoms with Gasteiger partial charge >= 0.3 is 0 Å². The summed E-state index contributed by atoms with van der Waals surface area (Å²) < 4.78 is 13.3. The second-order valence-electron chi connectivity index (χ2n) is 5.09. The fraction of sp³-hybridized carbons (Fsp3) is 0.538. The second kappa shape index (κ2) is 2.82. The van der Waals surface area contributed by atoms with Gasteiger partial charge in [-0.3, -0.25) is 0 Å². The first-order valence-electron chi connectivity index (χ1n) is 5.69. The maximum Gasteiger partial charge on any atom is 0.123 e. The van der Waals surface area contributed by atoms with Crippen LogP contribution in [0.2, 0.25) is 0 Å². The molecule has 0 bridgehead atoms. The third-order valence-electron chi connectivity index (χ3n) is 4.18. The molecule has 80 valence electrons. The quantitative estimate of drug-likeness (QED) is 0.749. The van der Waals surface area contributed by atoms with Gasteiger partial charge in [0.2, 0.25) is 0 Å². The first-order valence-corrected chi connectivity index (χ1v) is 5.69. The predicted octanol–water partition coefficient (Wildman–Crippen LogP) is 2.72. The van der Waals surface area contributed by atoms with Crippen LogP contribution in [-0.4, -0.2) is 0 Å². The average Bonchev–Trinajstić information content (AvgIpc) is 2.61. The van der Waals surface area contributed by atoms with Crippen LogP contribution in [0.3, 0.4) is 0 Å². The molecule has 0 saturated heterocycles. The Hall–Kier alpha value is -0.890. The van der Waals surface area contributed by atoms with E-state index in [9.17, 15) is 4.39 Å². The molecule has 2 atom stereocenters. The number of nitrogens with two attached hydrogens (primary N) is 1. The predicted molar refractivity (Wildman–Crippen MR) is 57.8 cm³/mol. The van der Waals surface area contributed by atoms with Gasteiger partial charge in [-0.05, 0) is 54.9 Å². The second-order valence-corrected chi connectivity index (χ2v) is 5.09. The van der Waals surface area contributed by atoms with Crippen LogP contribution in [0, 0.1) is 24.6 Å². The molecule has 1 aromatic carbocycles. The molecule has 15 heavy (non-hydrogen) atoms. The summed E-state index contributed by atoms with van der Waals surface area (Å²) in [7, 11) is 0. The topological polar surface area (TPSA) is 26.0 Å². The molecule has 2 aliphatic carbocycles. The SMILES string of the molecule is Cc1cc(F)cc(C2(N)C3CCCC32)c1. The smallest absolute Gasteiger partial charge is 0.123 e. The standard InChI is InChI=1S/C13H16FN/c1-8-5-9(7-10(14)6-8)13(15)11-3-2-4-12(11)13/h5-7,11-12H,2-4,15H2,1H3. The summed E-state index contributed by atoms with van der Waals surface area (Å²) in [6.07, 6.45) is 3.73. The zero-order chi connectivity index (χ0) is 10.6. The fourth-order valence-corrected chi connectivity index (χ4v) is 3.42. The Morgan fingerprint density at radius 2 is 1.93 bits per heavy atom. The van der Waals surface area contributed by atoms with Crippen LogP contribution in [-0.2, 0) is 5.54 Å². The summed E-state index contributed by atoms with van der Waals surface area (Å²) in [6.45, 7) is 1.92. The molecule has 2 fully saturated rings. The molecule has 2 N–H and O–H groups in total. The van der Waals surface area contributed by atoms with Crippen molar-refractivity contribution < 1.29 is 4.39 Å². The van der Waals surface area contributed by atoms with Crippen molar-refractivity contribution in [3.63, 3.8) is 0 Å². The molecule has 0 amide bonds. The van der Waals surface area contributed by atoms with Crippen LogP contribution in [0.5, 0.6) is 0 Å². The van der Waals surface area contributed by atoms with Gasteiger partial charge in [0.05, 0.1) is 0 Å². The van der Waals surface area contributed by atoms with Gasteiger partial charge in [0.15, 0.2) is 0 Å². The molecule has 0 heterocycles. The molecule has 2 aliphatic rings. The van der Waals surface area contributed by atoms with Crippen LogP contribution in [0.1, 0.15) is 30.4 Å². The van der Waals surface area contributed by atoms with Crippen molar-refractivity contribution in [3.05, 3.63) is 35.1 Å². The number of aryl methyl sites for hydroxylation is 1. The summed E-state index contributed by atoms with van der Waals surface area (Å²) in [5.74, 6) is 1.07. The Labute approximate surface area is 89.5 Å². The Balaban J connectivity index is 2.00. The van der Waals surface area contributed by atoms with Gasteiger partial charge in [0.1, 0.15) is 5.82 Å². The lowest BCUT2D eigenvalue weighted by molar-refractivity contribution is 0.521. The third kappa shape index (κ3) is 1.18. The summed E-state index contributed by atoms with van der Waals surface area (Å²) >= 11 is 0. The molecule has 2 unspecified atom stereocenters. The molecular weight excluding hydrogens is 189 g/mol. The maximum atomic E-state index is 13.3. The molecule has 0 radical (unpaired) electrons. The van der Waals surface area contributed by atoms with Crippen molar-refractivity contribution in [1.29, 1.82) is 0 Å². The Morgan fingerprint density at radius 3 is 2.53 bits per heavy atom. The number of benzene rings is 1. The van der Waals surface area contributed by atoms with Crippen molar-refractivity contribution in [2.45, 2.75) is 31.7 Å². The number of hydrogen-bond donors (Lipinski definition) is 1.